The molecule has 1 saturated heterocycles. The number of fused-ring (bicyclic) bond motifs is 3. The Balaban J connectivity index is 1.57. The van der Waals surface area contributed by atoms with Gasteiger partial charge in [-0.05, 0) is 38.1 Å². The first-order valence-corrected chi connectivity index (χ1v) is 10.6. The minimum Gasteiger partial charge on any atom is -0.336 e. The Hall–Kier alpha value is -2.67. The maximum atomic E-state index is 13.0. The number of piperazine rings is 1. The maximum Gasteiger partial charge on any atom is 0.274 e. The number of nitrogens with one attached hydrogen (secondary N) is 1. The van der Waals surface area contributed by atoms with Crippen molar-refractivity contribution in [3.05, 3.63) is 46.1 Å². The van der Waals surface area contributed by atoms with Gasteiger partial charge in [-0.1, -0.05) is 19.3 Å². The summed E-state index contributed by atoms with van der Waals surface area (Å²) in [5.41, 5.74) is 2.65. The second-order valence-corrected chi connectivity index (χ2v) is 8.45. The molecule has 2 fully saturated rings. The molecule has 1 saturated carbocycles. The average Bonchev–Trinajstić information content (AvgIpc) is 3.20. The first-order valence-electron chi connectivity index (χ1n) is 10.6. The molecule has 152 valence electrons. The summed E-state index contributed by atoms with van der Waals surface area (Å²) in [6.45, 7) is 3.24. The first kappa shape index (κ1) is 18.4. The Morgan fingerprint density at radius 2 is 1.83 bits per heavy atom. The van der Waals surface area contributed by atoms with Crippen molar-refractivity contribution in [1.82, 2.24) is 24.2 Å². The molecule has 0 atom stereocenters. The lowest BCUT2D eigenvalue weighted by Gasteiger charge is -2.32. The van der Waals surface area contributed by atoms with Crippen LogP contribution in [0.3, 0.4) is 0 Å². The molecule has 2 aliphatic rings. The van der Waals surface area contributed by atoms with E-state index < -0.39 is 0 Å². The number of hydrogen-bond donors (Lipinski definition) is 1. The molecule has 1 aliphatic heterocycles. The molecule has 1 aromatic carbocycles. The second-order valence-electron chi connectivity index (χ2n) is 8.45. The minimum atomic E-state index is -0.156. The molecular weight excluding hydrogens is 366 g/mol. The molecule has 7 heteroatoms. The van der Waals surface area contributed by atoms with Crippen LogP contribution in [0.25, 0.3) is 16.6 Å². The molecule has 0 unspecified atom stereocenters. The molecule has 3 heterocycles. The van der Waals surface area contributed by atoms with Gasteiger partial charge in [0.1, 0.15) is 11.3 Å². The molecule has 7 nitrogen and oxygen atoms in total. The maximum absolute atomic E-state index is 13.0. The highest BCUT2D eigenvalue weighted by atomic mass is 16.2. The monoisotopic (exact) mass is 393 g/mol. The van der Waals surface area contributed by atoms with E-state index >= 15 is 0 Å². The Morgan fingerprint density at radius 3 is 2.59 bits per heavy atom. The molecule has 3 aromatic rings. The average molecular weight is 393 g/mol. The summed E-state index contributed by atoms with van der Waals surface area (Å²) in [7, 11) is 2.07. The molecule has 29 heavy (non-hydrogen) atoms. The van der Waals surface area contributed by atoms with Crippen molar-refractivity contribution < 1.29 is 4.79 Å². The summed E-state index contributed by atoms with van der Waals surface area (Å²) >= 11 is 0. The largest absolute Gasteiger partial charge is 0.336 e. The summed E-state index contributed by atoms with van der Waals surface area (Å²) in [6, 6.07) is 5.66. The molecule has 2 aromatic heterocycles. The van der Waals surface area contributed by atoms with Gasteiger partial charge in [-0.25, -0.2) is 4.98 Å². The summed E-state index contributed by atoms with van der Waals surface area (Å²) < 4.78 is 2.01. The predicted molar refractivity (Wildman–Crippen MR) is 113 cm³/mol. The van der Waals surface area contributed by atoms with Crippen LogP contribution >= 0.6 is 0 Å². The normalized spacial score (nSPS) is 19.3. The topological polar surface area (TPSA) is 73.7 Å². The van der Waals surface area contributed by atoms with Gasteiger partial charge in [0.05, 0.1) is 17.2 Å². The molecule has 0 radical (unpaired) electrons. The van der Waals surface area contributed by atoms with Crippen molar-refractivity contribution in [2.45, 2.75) is 38.0 Å². The fourth-order valence-electron chi connectivity index (χ4n) is 4.77. The van der Waals surface area contributed by atoms with Crippen LogP contribution in [-0.2, 0) is 0 Å². The van der Waals surface area contributed by atoms with Crippen LogP contribution in [0.4, 0.5) is 0 Å². The second kappa shape index (κ2) is 7.30. The number of hydrogen-bond acceptors (Lipinski definition) is 4. The number of benzene rings is 1. The smallest absolute Gasteiger partial charge is 0.274 e. The molecule has 1 N–H and O–H groups in total. The van der Waals surface area contributed by atoms with Crippen LogP contribution in [0.1, 0.15) is 54.2 Å². The van der Waals surface area contributed by atoms with Gasteiger partial charge in [-0.15, -0.1) is 0 Å². The number of imidazole rings is 1. The fourth-order valence-corrected chi connectivity index (χ4v) is 4.77. The van der Waals surface area contributed by atoms with Crippen molar-refractivity contribution >= 4 is 22.5 Å². The highest BCUT2D eigenvalue weighted by Gasteiger charge is 2.23. The van der Waals surface area contributed by atoms with E-state index in [4.69, 9.17) is 0 Å². The van der Waals surface area contributed by atoms with Gasteiger partial charge in [0.15, 0.2) is 0 Å². The van der Waals surface area contributed by atoms with Gasteiger partial charge in [-0.2, -0.15) is 0 Å². The highest BCUT2D eigenvalue weighted by Crippen LogP contribution is 2.33. The van der Waals surface area contributed by atoms with Crippen molar-refractivity contribution in [2.75, 3.05) is 33.2 Å². The van der Waals surface area contributed by atoms with Gasteiger partial charge in [0.25, 0.3) is 11.5 Å². The Kier molecular flexibility index (Phi) is 4.62. The van der Waals surface area contributed by atoms with E-state index in [1.807, 2.05) is 27.5 Å². The molecule has 0 bridgehead atoms. The zero-order valence-corrected chi connectivity index (χ0v) is 16.9. The fraction of sp³-hybridized carbons (Fsp3) is 0.500. The first-order chi connectivity index (χ1) is 14.1. The Morgan fingerprint density at radius 1 is 1.07 bits per heavy atom. The van der Waals surface area contributed by atoms with Gasteiger partial charge >= 0.3 is 0 Å². The molecular formula is C22H27N5O2. The van der Waals surface area contributed by atoms with E-state index in [2.05, 4.69) is 21.9 Å². The number of nitrogens with zero attached hydrogens (tertiary/aromatic N) is 4. The van der Waals surface area contributed by atoms with E-state index in [-0.39, 0.29) is 11.5 Å². The third-order valence-electron chi connectivity index (χ3n) is 6.52. The van der Waals surface area contributed by atoms with Crippen LogP contribution in [0.15, 0.2) is 29.2 Å². The van der Waals surface area contributed by atoms with Gasteiger partial charge in [-0.3, -0.25) is 14.0 Å². The van der Waals surface area contributed by atoms with Crippen molar-refractivity contribution in [3.8, 4) is 0 Å². The van der Waals surface area contributed by atoms with Crippen molar-refractivity contribution in [3.63, 3.8) is 0 Å². The number of H-pyrrole nitrogens is 1. The predicted octanol–water partition coefficient (Wildman–Crippen LogP) is 2.61. The van der Waals surface area contributed by atoms with Crippen molar-refractivity contribution in [2.24, 2.45) is 0 Å². The highest BCUT2D eigenvalue weighted by molar-refractivity contribution is 5.97. The SMILES string of the molecule is CN1CCN(C(=O)c2ccc3c(c2)[nH]c(=O)c2cnc(C4CCCCC4)n23)CC1. The quantitative estimate of drug-likeness (QED) is 0.726. The van der Waals surface area contributed by atoms with Crippen LogP contribution < -0.4 is 5.56 Å². The Labute approximate surface area is 169 Å². The van der Waals surface area contributed by atoms with Crippen LogP contribution in [0.5, 0.6) is 0 Å². The molecule has 0 spiro atoms. The molecule has 1 aliphatic carbocycles. The number of aromatic nitrogens is 3. The summed E-state index contributed by atoms with van der Waals surface area (Å²) in [5.74, 6) is 1.40. The lowest BCUT2D eigenvalue weighted by Crippen LogP contribution is -2.47. The van der Waals surface area contributed by atoms with Crippen LogP contribution in [0, 0.1) is 0 Å². The standard InChI is InChI=1S/C22H27N5O2/c1-25-9-11-26(12-10-25)22(29)16-7-8-18-17(13-16)24-21(28)19-14-23-20(27(18)19)15-5-3-2-4-6-15/h7-8,13-15H,2-6,9-12H2,1H3,(H,24,28). The molecule has 5 rings (SSSR count). The lowest BCUT2D eigenvalue weighted by molar-refractivity contribution is 0.0664. The number of carbonyl (C=O) groups excluding carboxylic acids is 1. The lowest BCUT2D eigenvalue weighted by atomic mass is 9.89. The van der Waals surface area contributed by atoms with Crippen molar-refractivity contribution in [1.29, 1.82) is 0 Å². The van der Waals surface area contributed by atoms with E-state index in [9.17, 15) is 9.59 Å². The number of rotatable bonds is 2. The number of carbonyl (C=O) groups is 1. The Bertz CT molecular complexity index is 1120. The van der Waals surface area contributed by atoms with Gasteiger partial charge in [0.2, 0.25) is 0 Å². The summed E-state index contributed by atoms with van der Waals surface area (Å²) in [4.78, 5) is 37.4. The van der Waals surface area contributed by atoms with E-state index in [0.717, 1.165) is 50.4 Å². The zero-order chi connectivity index (χ0) is 20.0. The van der Waals surface area contributed by atoms with E-state index in [1.165, 1.54) is 19.3 Å². The van der Waals surface area contributed by atoms with Gasteiger partial charge in [0, 0.05) is 37.7 Å². The molecule has 1 amide bonds. The van der Waals surface area contributed by atoms with Crippen LogP contribution in [-0.4, -0.2) is 63.3 Å². The number of aromatic amines is 1. The van der Waals surface area contributed by atoms with Crippen LogP contribution in [0.2, 0.25) is 0 Å². The van der Waals surface area contributed by atoms with E-state index in [0.29, 0.717) is 22.5 Å². The summed E-state index contributed by atoms with van der Waals surface area (Å²) in [5, 5.41) is 0. The zero-order valence-electron chi connectivity index (χ0n) is 16.9. The van der Waals surface area contributed by atoms with Gasteiger partial charge < -0.3 is 14.8 Å². The summed E-state index contributed by atoms with van der Waals surface area (Å²) in [6.07, 6.45) is 7.62. The number of likely N-dealkylation sites (N-methyl/N-ethyl adjacent to an activating group) is 1. The van der Waals surface area contributed by atoms with E-state index in [1.54, 1.807) is 6.20 Å². The minimum absolute atomic E-state index is 0.0269. The number of amides is 1. The third kappa shape index (κ3) is 3.23. The third-order valence-corrected chi connectivity index (χ3v) is 6.52.